The third-order valence-electron chi connectivity index (χ3n) is 2.53. The van der Waals surface area contributed by atoms with E-state index in [0.29, 0.717) is 12.2 Å². The molecule has 1 aromatic heterocycles. The molecule has 1 aliphatic rings. The van der Waals surface area contributed by atoms with E-state index in [9.17, 15) is 8.42 Å². The maximum absolute atomic E-state index is 11.7. The monoisotopic (exact) mass is 229 g/mol. The summed E-state index contributed by atoms with van der Waals surface area (Å²) < 4.78 is 26.1. The second-order valence-electron chi connectivity index (χ2n) is 3.80. The Bertz CT molecular complexity index is 409. The van der Waals surface area contributed by atoms with E-state index in [4.69, 9.17) is 0 Å². The fourth-order valence-corrected chi connectivity index (χ4v) is 3.10. The number of hydrogen-bond donors (Lipinski definition) is 2. The number of imidazole rings is 1. The van der Waals surface area contributed by atoms with Crippen molar-refractivity contribution in [3.05, 3.63) is 18.2 Å². The predicted molar refractivity (Wildman–Crippen MR) is 56.7 cm³/mol. The topological polar surface area (TPSA) is 74.8 Å². The van der Waals surface area contributed by atoms with Gasteiger partial charge in [0.05, 0.1) is 11.3 Å². The SMILES string of the molecule is CCC(NS(=O)(=O)C1CC1)c1ncc[nH]1. The first-order valence-electron chi connectivity index (χ1n) is 5.14. The molecule has 2 rings (SSSR count). The Balaban J connectivity index is 2.09. The largest absolute Gasteiger partial charge is 0.347 e. The number of nitrogens with zero attached hydrogens (tertiary/aromatic N) is 1. The number of aromatic amines is 1. The molecule has 1 aliphatic carbocycles. The highest BCUT2D eigenvalue weighted by Crippen LogP contribution is 2.29. The number of sulfonamides is 1. The summed E-state index contributed by atoms with van der Waals surface area (Å²) in [5.74, 6) is 0.682. The zero-order valence-electron chi connectivity index (χ0n) is 8.60. The van der Waals surface area contributed by atoms with E-state index in [1.54, 1.807) is 12.4 Å². The summed E-state index contributed by atoms with van der Waals surface area (Å²) >= 11 is 0. The maximum Gasteiger partial charge on any atom is 0.215 e. The van der Waals surface area contributed by atoms with E-state index >= 15 is 0 Å². The van der Waals surface area contributed by atoms with E-state index < -0.39 is 10.0 Å². The summed E-state index contributed by atoms with van der Waals surface area (Å²) in [7, 11) is -3.13. The first kappa shape index (κ1) is 10.6. The fraction of sp³-hybridized carbons (Fsp3) is 0.667. The third kappa shape index (κ3) is 2.38. The summed E-state index contributed by atoms with van der Waals surface area (Å²) in [6.07, 6.45) is 5.58. The second kappa shape index (κ2) is 3.94. The van der Waals surface area contributed by atoms with Gasteiger partial charge in [-0.2, -0.15) is 0 Å². The Morgan fingerprint density at radius 3 is 2.87 bits per heavy atom. The molecule has 1 aromatic rings. The molecule has 15 heavy (non-hydrogen) atoms. The van der Waals surface area contributed by atoms with Crippen LogP contribution in [-0.2, 0) is 10.0 Å². The highest BCUT2D eigenvalue weighted by molar-refractivity contribution is 7.90. The van der Waals surface area contributed by atoms with Crippen LogP contribution in [-0.4, -0.2) is 23.6 Å². The summed E-state index contributed by atoms with van der Waals surface area (Å²) in [6.45, 7) is 1.93. The molecule has 84 valence electrons. The summed E-state index contributed by atoms with van der Waals surface area (Å²) in [4.78, 5) is 7.00. The number of H-pyrrole nitrogens is 1. The van der Waals surface area contributed by atoms with E-state index in [0.717, 1.165) is 12.8 Å². The minimum absolute atomic E-state index is 0.179. The smallest absolute Gasteiger partial charge is 0.215 e. The molecular formula is C9H15N3O2S. The van der Waals surface area contributed by atoms with Crippen molar-refractivity contribution in [1.29, 1.82) is 0 Å². The molecule has 2 N–H and O–H groups in total. The Kier molecular flexibility index (Phi) is 2.79. The molecule has 0 aliphatic heterocycles. The van der Waals surface area contributed by atoms with E-state index in [2.05, 4.69) is 14.7 Å². The lowest BCUT2D eigenvalue weighted by atomic mass is 10.2. The standard InChI is InChI=1S/C9H15N3O2S/c1-2-8(9-10-5-6-11-9)12-15(13,14)7-3-4-7/h5-8,12H,2-4H2,1H3,(H,10,11). The van der Waals surface area contributed by atoms with Gasteiger partial charge in [-0.25, -0.2) is 18.1 Å². The molecule has 1 atom stereocenters. The van der Waals surface area contributed by atoms with Gasteiger partial charge >= 0.3 is 0 Å². The lowest BCUT2D eigenvalue weighted by molar-refractivity contribution is 0.538. The molecule has 1 fully saturated rings. The molecule has 1 unspecified atom stereocenters. The second-order valence-corrected chi connectivity index (χ2v) is 5.79. The van der Waals surface area contributed by atoms with Gasteiger partial charge in [0.1, 0.15) is 5.82 Å². The maximum atomic E-state index is 11.7. The Labute approximate surface area is 89.4 Å². The molecular weight excluding hydrogens is 214 g/mol. The summed E-state index contributed by atoms with van der Waals surface area (Å²) in [6, 6.07) is -0.231. The molecule has 1 saturated carbocycles. The molecule has 0 saturated heterocycles. The van der Waals surface area contributed by atoms with Gasteiger partial charge in [-0.05, 0) is 19.3 Å². The summed E-state index contributed by atoms with van der Waals surface area (Å²) in [5, 5.41) is -0.179. The number of hydrogen-bond acceptors (Lipinski definition) is 3. The lowest BCUT2D eigenvalue weighted by Crippen LogP contribution is -2.31. The van der Waals surface area contributed by atoms with Crippen LogP contribution in [0, 0.1) is 0 Å². The number of rotatable bonds is 5. The van der Waals surface area contributed by atoms with Crippen molar-refractivity contribution in [2.24, 2.45) is 0 Å². The average molecular weight is 229 g/mol. The predicted octanol–water partition coefficient (Wildman–Crippen LogP) is 0.943. The van der Waals surface area contributed by atoms with Crippen LogP contribution in [0.15, 0.2) is 12.4 Å². The number of nitrogens with one attached hydrogen (secondary N) is 2. The van der Waals surface area contributed by atoms with E-state index in [1.165, 1.54) is 0 Å². The molecule has 0 bridgehead atoms. The molecule has 0 aromatic carbocycles. The van der Waals surface area contributed by atoms with Crippen molar-refractivity contribution >= 4 is 10.0 Å². The van der Waals surface area contributed by atoms with Crippen molar-refractivity contribution in [2.75, 3.05) is 0 Å². The van der Waals surface area contributed by atoms with Gasteiger partial charge < -0.3 is 4.98 Å². The highest BCUT2D eigenvalue weighted by Gasteiger charge is 2.37. The van der Waals surface area contributed by atoms with Gasteiger partial charge in [-0.3, -0.25) is 0 Å². The lowest BCUT2D eigenvalue weighted by Gasteiger charge is -2.14. The fourth-order valence-electron chi connectivity index (χ4n) is 1.47. The minimum atomic E-state index is -3.13. The molecule has 0 amide bonds. The molecule has 5 nitrogen and oxygen atoms in total. The Morgan fingerprint density at radius 1 is 1.67 bits per heavy atom. The molecule has 1 heterocycles. The molecule has 0 radical (unpaired) electrons. The average Bonchev–Trinajstić information content (AvgIpc) is 2.93. The third-order valence-corrected chi connectivity index (χ3v) is 4.49. The van der Waals surface area contributed by atoms with Crippen molar-refractivity contribution in [3.8, 4) is 0 Å². The van der Waals surface area contributed by atoms with Crippen LogP contribution in [0.25, 0.3) is 0 Å². The summed E-state index contributed by atoms with van der Waals surface area (Å²) in [5.41, 5.74) is 0. The van der Waals surface area contributed by atoms with Crippen LogP contribution in [0.3, 0.4) is 0 Å². The highest BCUT2D eigenvalue weighted by atomic mass is 32.2. The normalized spacial score (nSPS) is 19.0. The molecule has 6 heteroatoms. The van der Waals surface area contributed by atoms with Crippen LogP contribution in [0.5, 0.6) is 0 Å². The Morgan fingerprint density at radius 2 is 2.40 bits per heavy atom. The first-order valence-corrected chi connectivity index (χ1v) is 6.68. The van der Waals surface area contributed by atoms with Gasteiger partial charge in [0.2, 0.25) is 10.0 Å². The van der Waals surface area contributed by atoms with Crippen molar-refractivity contribution in [2.45, 2.75) is 37.5 Å². The van der Waals surface area contributed by atoms with Crippen LogP contribution < -0.4 is 4.72 Å². The van der Waals surface area contributed by atoms with Crippen LogP contribution in [0.4, 0.5) is 0 Å². The zero-order valence-corrected chi connectivity index (χ0v) is 9.42. The van der Waals surface area contributed by atoms with E-state index in [1.807, 2.05) is 6.92 Å². The number of aromatic nitrogens is 2. The zero-order chi connectivity index (χ0) is 10.9. The van der Waals surface area contributed by atoms with E-state index in [-0.39, 0.29) is 11.3 Å². The van der Waals surface area contributed by atoms with Crippen molar-refractivity contribution in [3.63, 3.8) is 0 Å². The van der Waals surface area contributed by atoms with Crippen LogP contribution in [0.2, 0.25) is 0 Å². The van der Waals surface area contributed by atoms with Crippen LogP contribution >= 0.6 is 0 Å². The van der Waals surface area contributed by atoms with Gasteiger partial charge in [0, 0.05) is 12.4 Å². The quantitative estimate of drug-likeness (QED) is 0.789. The van der Waals surface area contributed by atoms with Crippen LogP contribution in [0.1, 0.15) is 38.1 Å². The Hall–Kier alpha value is -0.880. The molecule has 0 spiro atoms. The van der Waals surface area contributed by atoms with Gasteiger partial charge in [-0.15, -0.1) is 0 Å². The van der Waals surface area contributed by atoms with Gasteiger partial charge in [0.15, 0.2) is 0 Å². The van der Waals surface area contributed by atoms with Crippen molar-refractivity contribution < 1.29 is 8.42 Å². The first-order chi connectivity index (χ1) is 7.13. The van der Waals surface area contributed by atoms with Gasteiger partial charge in [0.25, 0.3) is 0 Å². The van der Waals surface area contributed by atoms with Gasteiger partial charge in [-0.1, -0.05) is 6.92 Å². The minimum Gasteiger partial charge on any atom is -0.347 e. The van der Waals surface area contributed by atoms with Crippen molar-refractivity contribution in [1.82, 2.24) is 14.7 Å².